The van der Waals surface area contributed by atoms with Gasteiger partial charge >= 0.3 is 6.03 Å². The van der Waals surface area contributed by atoms with Gasteiger partial charge in [0.25, 0.3) is 11.8 Å². The van der Waals surface area contributed by atoms with Gasteiger partial charge in [0.2, 0.25) is 0 Å². The average Bonchev–Trinajstić information content (AvgIpc) is 2.92. The number of hydrogen-bond donors (Lipinski definition) is 2. The minimum Gasteiger partial charge on any atom is -0.497 e. The van der Waals surface area contributed by atoms with Crippen LogP contribution in [0.25, 0.3) is 0 Å². The molecular weight excluding hydrogens is 334 g/mol. The number of methoxy groups -OCH3 is 1. The van der Waals surface area contributed by atoms with Gasteiger partial charge < -0.3 is 15.4 Å². The van der Waals surface area contributed by atoms with E-state index in [-0.39, 0.29) is 30.9 Å². The second kappa shape index (κ2) is 7.69. The number of carbonyl (C=O) groups is 3. The van der Waals surface area contributed by atoms with Crippen LogP contribution < -0.4 is 15.4 Å². The number of carbonyl (C=O) groups excluding carboxylic acids is 3. The zero-order chi connectivity index (χ0) is 18.5. The molecule has 0 atom stereocenters. The molecule has 4 amide bonds. The van der Waals surface area contributed by atoms with Crippen molar-refractivity contribution in [2.75, 3.05) is 20.2 Å². The van der Waals surface area contributed by atoms with Gasteiger partial charge in [0.15, 0.2) is 0 Å². The van der Waals surface area contributed by atoms with Crippen molar-refractivity contribution in [3.63, 3.8) is 0 Å². The highest BCUT2D eigenvalue weighted by Gasteiger charge is 2.34. The second-order valence-electron chi connectivity index (χ2n) is 5.77. The van der Waals surface area contributed by atoms with Crippen LogP contribution in [0.2, 0.25) is 0 Å². The van der Waals surface area contributed by atoms with Gasteiger partial charge in [-0.1, -0.05) is 24.3 Å². The van der Waals surface area contributed by atoms with E-state index in [0.717, 1.165) is 16.2 Å². The van der Waals surface area contributed by atoms with Crippen molar-refractivity contribution < 1.29 is 19.1 Å². The molecular formula is C19H19N3O4. The van der Waals surface area contributed by atoms with Crippen molar-refractivity contribution in [2.24, 2.45) is 0 Å². The molecule has 2 aromatic rings. The summed E-state index contributed by atoms with van der Waals surface area (Å²) < 4.78 is 5.13. The summed E-state index contributed by atoms with van der Waals surface area (Å²) in [5.74, 6) is 0.0590. The van der Waals surface area contributed by atoms with Gasteiger partial charge in [-0.05, 0) is 29.8 Å². The Labute approximate surface area is 150 Å². The van der Waals surface area contributed by atoms with Crippen molar-refractivity contribution in [1.82, 2.24) is 15.5 Å². The molecule has 0 saturated heterocycles. The fourth-order valence-corrected chi connectivity index (χ4v) is 2.75. The molecule has 2 aromatic carbocycles. The third-order valence-corrected chi connectivity index (χ3v) is 4.09. The lowest BCUT2D eigenvalue weighted by Gasteiger charge is -2.14. The molecule has 0 spiro atoms. The molecule has 2 N–H and O–H groups in total. The maximum Gasteiger partial charge on any atom is 0.315 e. The second-order valence-corrected chi connectivity index (χ2v) is 5.77. The minimum absolute atomic E-state index is 0.124. The average molecular weight is 353 g/mol. The number of nitrogens with one attached hydrogen (secondary N) is 2. The van der Waals surface area contributed by atoms with Crippen LogP contribution >= 0.6 is 0 Å². The van der Waals surface area contributed by atoms with Gasteiger partial charge in [0.1, 0.15) is 5.75 Å². The topological polar surface area (TPSA) is 87.7 Å². The van der Waals surface area contributed by atoms with Crippen LogP contribution in [0.3, 0.4) is 0 Å². The summed E-state index contributed by atoms with van der Waals surface area (Å²) in [6.07, 6.45) is 0. The normalized spacial score (nSPS) is 12.7. The summed E-state index contributed by atoms with van der Waals surface area (Å²) in [6, 6.07) is 13.7. The molecule has 26 heavy (non-hydrogen) atoms. The molecule has 0 fully saturated rings. The Bertz CT molecular complexity index is 815. The molecule has 0 radical (unpaired) electrons. The summed E-state index contributed by atoms with van der Waals surface area (Å²) in [5.41, 5.74) is 1.71. The Morgan fingerprint density at radius 2 is 1.69 bits per heavy atom. The van der Waals surface area contributed by atoms with E-state index in [9.17, 15) is 14.4 Å². The molecule has 0 bridgehead atoms. The quantitative estimate of drug-likeness (QED) is 0.775. The van der Waals surface area contributed by atoms with Crippen LogP contribution in [0, 0.1) is 0 Å². The summed E-state index contributed by atoms with van der Waals surface area (Å²) >= 11 is 0. The number of urea groups is 1. The molecule has 7 heteroatoms. The molecule has 3 rings (SSSR count). The third kappa shape index (κ3) is 3.66. The van der Waals surface area contributed by atoms with Crippen molar-refractivity contribution in [2.45, 2.75) is 6.54 Å². The van der Waals surface area contributed by atoms with E-state index in [0.29, 0.717) is 17.7 Å². The lowest BCUT2D eigenvalue weighted by atomic mass is 10.1. The number of benzene rings is 2. The van der Waals surface area contributed by atoms with Gasteiger partial charge in [0, 0.05) is 19.6 Å². The summed E-state index contributed by atoms with van der Waals surface area (Å²) in [4.78, 5) is 37.5. The molecule has 7 nitrogen and oxygen atoms in total. The zero-order valence-electron chi connectivity index (χ0n) is 14.3. The Hall–Kier alpha value is -3.35. The SMILES string of the molecule is COc1cccc(CNC(=O)NCCN2C(=O)c3ccccc3C2=O)c1. The zero-order valence-corrected chi connectivity index (χ0v) is 14.3. The molecule has 1 aliphatic heterocycles. The largest absolute Gasteiger partial charge is 0.497 e. The van der Waals surface area contributed by atoms with E-state index >= 15 is 0 Å². The number of nitrogens with zero attached hydrogens (tertiary/aromatic N) is 1. The van der Waals surface area contributed by atoms with E-state index in [1.165, 1.54) is 0 Å². The Kier molecular flexibility index (Phi) is 5.17. The van der Waals surface area contributed by atoms with Gasteiger partial charge in [-0.3, -0.25) is 14.5 Å². The number of amides is 4. The van der Waals surface area contributed by atoms with Crippen LogP contribution in [-0.2, 0) is 6.54 Å². The van der Waals surface area contributed by atoms with Crippen LogP contribution in [-0.4, -0.2) is 42.9 Å². The summed E-state index contributed by atoms with van der Waals surface area (Å²) in [5, 5.41) is 5.37. The number of imide groups is 1. The van der Waals surface area contributed by atoms with Crippen LogP contribution in [0.4, 0.5) is 4.79 Å². The number of rotatable bonds is 6. The van der Waals surface area contributed by atoms with Crippen LogP contribution in [0.5, 0.6) is 5.75 Å². The van der Waals surface area contributed by atoms with Gasteiger partial charge in [-0.15, -0.1) is 0 Å². The smallest absolute Gasteiger partial charge is 0.315 e. The monoisotopic (exact) mass is 353 g/mol. The van der Waals surface area contributed by atoms with E-state index in [2.05, 4.69) is 10.6 Å². The van der Waals surface area contributed by atoms with Gasteiger partial charge in [0.05, 0.1) is 18.2 Å². The molecule has 0 unspecified atom stereocenters. The highest BCUT2D eigenvalue weighted by molar-refractivity contribution is 6.21. The van der Waals surface area contributed by atoms with E-state index in [1.54, 1.807) is 31.4 Å². The highest BCUT2D eigenvalue weighted by Crippen LogP contribution is 2.21. The van der Waals surface area contributed by atoms with Crippen molar-refractivity contribution >= 4 is 17.8 Å². The first-order valence-corrected chi connectivity index (χ1v) is 8.20. The molecule has 134 valence electrons. The van der Waals surface area contributed by atoms with E-state index < -0.39 is 0 Å². The fourth-order valence-electron chi connectivity index (χ4n) is 2.75. The maximum absolute atomic E-state index is 12.2. The Morgan fingerprint density at radius 1 is 1.00 bits per heavy atom. The first kappa shape index (κ1) is 17.5. The number of ether oxygens (including phenoxy) is 1. The van der Waals surface area contributed by atoms with Crippen LogP contribution in [0.15, 0.2) is 48.5 Å². The molecule has 1 aliphatic rings. The molecule has 0 saturated carbocycles. The van der Waals surface area contributed by atoms with Crippen molar-refractivity contribution in [3.8, 4) is 5.75 Å². The maximum atomic E-state index is 12.2. The minimum atomic E-state index is -0.371. The van der Waals surface area contributed by atoms with Gasteiger partial charge in [-0.2, -0.15) is 0 Å². The van der Waals surface area contributed by atoms with E-state index in [4.69, 9.17) is 4.74 Å². The molecule has 1 heterocycles. The molecule has 0 aromatic heterocycles. The van der Waals surface area contributed by atoms with Crippen molar-refractivity contribution in [3.05, 3.63) is 65.2 Å². The summed E-state index contributed by atoms with van der Waals surface area (Å²) in [7, 11) is 1.58. The predicted molar refractivity (Wildman–Crippen MR) is 95.0 cm³/mol. The number of fused-ring (bicyclic) bond motifs is 1. The van der Waals surface area contributed by atoms with E-state index in [1.807, 2.05) is 24.3 Å². The predicted octanol–water partition coefficient (Wildman–Crippen LogP) is 1.79. The standard InChI is InChI=1S/C19H19N3O4/c1-26-14-6-4-5-13(11-14)12-21-19(25)20-9-10-22-17(23)15-7-2-3-8-16(15)18(22)24/h2-8,11H,9-10,12H2,1H3,(H2,20,21,25). The summed E-state index contributed by atoms with van der Waals surface area (Å²) in [6.45, 7) is 0.643. The first-order chi connectivity index (χ1) is 12.6. The fraction of sp³-hybridized carbons (Fsp3) is 0.211. The highest BCUT2D eigenvalue weighted by atomic mass is 16.5. The van der Waals surface area contributed by atoms with Gasteiger partial charge in [-0.25, -0.2) is 4.79 Å². The number of hydrogen-bond acceptors (Lipinski definition) is 4. The lowest BCUT2D eigenvalue weighted by Crippen LogP contribution is -2.41. The first-order valence-electron chi connectivity index (χ1n) is 8.20. The Morgan fingerprint density at radius 3 is 2.35 bits per heavy atom. The van der Waals surface area contributed by atoms with Crippen molar-refractivity contribution in [1.29, 1.82) is 0 Å². The Balaban J connectivity index is 1.46. The lowest BCUT2D eigenvalue weighted by molar-refractivity contribution is 0.0656. The van der Waals surface area contributed by atoms with Crippen LogP contribution in [0.1, 0.15) is 26.3 Å². The third-order valence-electron chi connectivity index (χ3n) is 4.09. The molecule has 0 aliphatic carbocycles.